The van der Waals surface area contributed by atoms with Crippen LogP contribution < -0.4 is 5.32 Å². The van der Waals surface area contributed by atoms with E-state index in [4.69, 9.17) is 9.52 Å². The molecule has 122 valence electrons. The molecule has 0 unspecified atom stereocenters. The first-order chi connectivity index (χ1) is 11.1. The van der Waals surface area contributed by atoms with E-state index in [1.165, 1.54) is 6.26 Å². The molecule has 23 heavy (non-hydrogen) atoms. The monoisotopic (exact) mass is 316 g/mol. The Morgan fingerprint density at radius 1 is 1.35 bits per heavy atom. The topological polar surface area (TPSA) is 82.8 Å². The van der Waals surface area contributed by atoms with Gasteiger partial charge in [0, 0.05) is 17.5 Å². The molecule has 6 nitrogen and oxygen atoms in total. The Morgan fingerprint density at radius 3 is 2.78 bits per heavy atom. The molecule has 1 fully saturated rings. The molecule has 3 rings (SSSR count). The molecule has 1 saturated carbocycles. The van der Waals surface area contributed by atoms with Crippen molar-refractivity contribution < 1.29 is 19.1 Å². The molecule has 6 heteroatoms. The Labute approximate surface area is 134 Å². The number of amides is 1. The third-order valence-electron chi connectivity index (χ3n) is 4.43. The summed E-state index contributed by atoms with van der Waals surface area (Å²) in [5, 5.41) is 12.7. The summed E-state index contributed by atoms with van der Waals surface area (Å²) in [5.74, 6) is -0.955. The molecule has 0 radical (unpaired) electrons. The smallest absolute Gasteiger partial charge is 0.317 e. The third kappa shape index (κ3) is 3.22. The minimum absolute atomic E-state index is 0.0498. The van der Waals surface area contributed by atoms with Gasteiger partial charge in [0.25, 0.3) is 5.91 Å². The highest BCUT2D eigenvalue weighted by Crippen LogP contribution is 2.27. The number of hydrogen-bond acceptors (Lipinski definition) is 4. The zero-order valence-corrected chi connectivity index (χ0v) is 13.0. The van der Waals surface area contributed by atoms with Crippen molar-refractivity contribution in [3.63, 3.8) is 0 Å². The van der Waals surface area contributed by atoms with Crippen LogP contribution in [0, 0.1) is 0 Å². The van der Waals surface area contributed by atoms with Gasteiger partial charge in [-0.3, -0.25) is 14.5 Å². The highest BCUT2D eigenvalue weighted by atomic mass is 16.4. The molecule has 0 bridgehead atoms. The third-order valence-corrected chi connectivity index (χ3v) is 4.43. The fourth-order valence-corrected chi connectivity index (χ4v) is 3.09. The van der Waals surface area contributed by atoms with Crippen molar-refractivity contribution in [2.45, 2.75) is 31.8 Å². The van der Waals surface area contributed by atoms with E-state index in [0.717, 1.165) is 18.2 Å². The van der Waals surface area contributed by atoms with Crippen LogP contribution in [0.4, 0.5) is 0 Å². The predicted octanol–water partition coefficient (Wildman–Crippen LogP) is 2.10. The molecule has 1 heterocycles. The van der Waals surface area contributed by atoms with Gasteiger partial charge >= 0.3 is 5.97 Å². The molecule has 1 aromatic heterocycles. The second-order valence-corrected chi connectivity index (χ2v) is 5.90. The number of carbonyl (C=O) groups is 2. The standard InChI is InChI=1S/C17H20N2O4/c1-2-19(9-16(20)21)12-7-11(8-12)18-17(22)14-10-23-15-6-4-3-5-13(14)15/h3-6,10-12H,2,7-9H2,1H3,(H,18,22)(H,20,21). The average molecular weight is 316 g/mol. The largest absolute Gasteiger partial charge is 0.480 e. The first-order valence-corrected chi connectivity index (χ1v) is 7.81. The van der Waals surface area contributed by atoms with E-state index in [9.17, 15) is 9.59 Å². The molecule has 1 aromatic carbocycles. The quantitative estimate of drug-likeness (QED) is 0.853. The van der Waals surface area contributed by atoms with Crippen LogP contribution in [0.15, 0.2) is 34.9 Å². The lowest BCUT2D eigenvalue weighted by Gasteiger charge is -2.42. The van der Waals surface area contributed by atoms with Crippen molar-refractivity contribution in [3.8, 4) is 0 Å². The normalized spacial score (nSPS) is 20.4. The summed E-state index contributed by atoms with van der Waals surface area (Å²) in [5.41, 5.74) is 1.24. The van der Waals surface area contributed by atoms with E-state index in [1.54, 1.807) is 0 Å². The van der Waals surface area contributed by atoms with Gasteiger partial charge in [0.2, 0.25) is 0 Å². The highest BCUT2D eigenvalue weighted by Gasteiger charge is 2.35. The average Bonchev–Trinajstić information content (AvgIpc) is 2.92. The minimum Gasteiger partial charge on any atom is -0.480 e. The Kier molecular flexibility index (Phi) is 4.34. The zero-order chi connectivity index (χ0) is 16.4. The van der Waals surface area contributed by atoms with Crippen molar-refractivity contribution in [1.82, 2.24) is 10.2 Å². The van der Waals surface area contributed by atoms with Gasteiger partial charge in [-0.2, -0.15) is 0 Å². The van der Waals surface area contributed by atoms with Gasteiger partial charge in [-0.05, 0) is 25.5 Å². The lowest BCUT2D eigenvalue weighted by Crippen LogP contribution is -2.54. The van der Waals surface area contributed by atoms with Gasteiger partial charge in [-0.1, -0.05) is 25.1 Å². The van der Waals surface area contributed by atoms with Crippen LogP contribution in [0.25, 0.3) is 11.0 Å². The summed E-state index contributed by atoms with van der Waals surface area (Å²) in [6.07, 6.45) is 3.05. The Hall–Kier alpha value is -2.34. The van der Waals surface area contributed by atoms with E-state index in [1.807, 2.05) is 36.1 Å². The number of para-hydroxylation sites is 1. The van der Waals surface area contributed by atoms with Crippen molar-refractivity contribution in [2.24, 2.45) is 0 Å². The molecule has 1 aliphatic rings. The minimum atomic E-state index is -0.816. The fourth-order valence-electron chi connectivity index (χ4n) is 3.09. The number of carboxylic acids is 1. The zero-order valence-electron chi connectivity index (χ0n) is 13.0. The van der Waals surface area contributed by atoms with E-state index in [-0.39, 0.29) is 24.5 Å². The van der Waals surface area contributed by atoms with Crippen LogP contribution in [-0.2, 0) is 4.79 Å². The van der Waals surface area contributed by atoms with Gasteiger partial charge in [0.15, 0.2) is 0 Å². The molecular weight excluding hydrogens is 296 g/mol. The number of nitrogens with zero attached hydrogens (tertiary/aromatic N) is 1. The van der Waals surface area contributed by atoms with Crippen molar-refractivity contribution >= 4 is 22.8 Å². The number of nitrogens with one attached hydrogen (secondary N) is 1. The maximum absolute atomic E-state index is 12.4. The van der Waals surface area contributed by atoms with Crippen molar-refractivity contribution in [2.75, 3.05) is 13.1 Å². The van der Waals surface area contributed by atoms with Gasteiger partial charge < -0.3 is 14.8 Å². The fraction of sp³-hybridized carbons (Fsp3) is 0.412. The molecule has 2 N–H and O–H groups in total. The van der Waals surface area contributed by atoms with Crippen molar-refractivity contribution in [1.29, 1.82) is 0 Å². The summed E-state index contributed by atoms with van der Waals surface area (Å²) in [6.45, 7) is 2.70. The van der Waals surface area contributed by atoms with Crippen LogP contribution in [-0.4, -0.2) is 47.1 Å². The summed E-state index contributed by atoms with van der Waals surface area (Å²) in [6, 6.07) is 7.75. The van der Waals surface area contributed by atoms with E-state index in [2.05, 4.69) is 5.32 Å². The predicted molar refractivity (Wildman–Crippen MR) is 85.4 cm³/mol. The highest BCUT2D eigenvalue weighted by molar-refractivity contribution is 6.06. The van der Waals surface area contributed by atoms with E-state index >= 15 is 0 Å². The molecule has 2 aromatic rings. The van der Waals surface area contributed by atoms with Gasteiger partial charge in [0.05, 0.1) is 12.1 Å². The second kappa shape index (κ2) is 6.42. The van der Waals surface area contributed by atoms with Gasteiger partial charge in [-0.25, -0.2) is 0 Å². The maximum atomic E-state index is 12.4. The Morgan fingerprint density at radius 2 is 2.09 bits per heavy atom. The Balaban J connectivity index is 1.57. The number of likely N-dealkylation sites (N-methyl/N-ethyl adjacent to an activating group) is 1. The van der Waals surface area contributed by atoms with Crippen LogP contribution in [0.1, 0.15) is 30.1 Å². The summed E-state index contributed by atoms with van der Waals surface area (Å²) >= 11 is 0. The number of carboxylic acid groups (broad SMARTS) is 1. The molecule has 0 saturated heterocycles. The lowest BCUT2D eigenvalue weighted by molar-refractivity contribution is -0.139. The first kappa shape index (κ1) is 15.6. The molecule has 1 amide bonds. The Bertz CT molecular complexity index is 718. The van der Waals surface area contributed by atoms with Crippen LogP contribution in [0.2, 0.25) is 0 Å². The molecule has 1 aliphatic carbocycles. The number of furan rings is 1. The van der Waals surface area contributed by atoms with Crippen molar-refractivity contribution in [3.05, 3.63) is 36.1 Å². The number of hydrogen-bond donors (Lipinski definition) is 2. The number of carbonyl (C=O) groups excluding carboxylic acids is 1. The summed E-state index contributed by atoms with van der Waals surface area (Å²) in [4.78, 5) is 25.1. The first-order valence-electron chi connectivity index (χ1n) is 7.81. The number of aliphatic carboxylic acids is 1. The number of benzene rings is 1. The van der Waals surface area contributed by atoms with Gasteiger partial charge in [-0.15, -0.1) is 0 Å². The number of fused-ring (bicyclic) bond motifs is 1. The van der Waals surface area contributed by atoms with Crippen LogP contribution in [0.5, 0.6) is 0 Å². The summed E-state index contributed by atoms with van der Waals surface area (Å²) < 4.78 is 5.39. The molecule has 0 aliphatic heterocycles. The van der Waals surface area contributed by atoms with Crippen LogP contribution >= 0.6 is 0 Å². The van der Waals surface area contributed by atoms with E-state index in [0.29, 0.717) is 17.7 Å². The molecule has 0 atom stereocenters. The maximum Gasteiger partial charge on any atom is 0.317 e. The number of rotatable bonds is 6. The van der Waals surface area contributed by atoms with E-state index < -0.39 is 5.97 Å². The summed E-state index contributed by atoms with van der Waals surface area (Å²) in [7, 11) is 0. The SMILES string of the molecule is CCN(CC(=O)O)C1CC(NC(=O)c2coc3ccccc23)C1. The van der Waals surface area contributed by atoms with Gasteiger partial charge in [0.1, 0.15) is 11.8 Å². The lowest BCUT2D eigenvalue weighted by atomic mass is 9.85. The molecular formula is C17H20N2O4. The molecule has 0 spiro atoms. The van der Waals surface area contributed by atoms with Crippen LogP contribution in [0.3, 0.4) is 0 Å². The second-order valence-electron chi connectivity index (χ2n) is 5.90.